The van der Waals surface area contributed by atoms with Crippen molar-refractivity contribution < 1.29 is 14.3 Å². The number of thioether (sulfide) groups is 1. The molecular formula is C27H27N5O3S. The second-order valence-corrected chi connectivity index (χ2v) is 10.0. The number of methoxy groups -OCH3 is 1. The van der Waals surface area contributed by atoms with Gasteiger partial charge in [-0.1, -0.05) is 12.0 Å². The van der Waals surface area contributed by atoms with Crippen molar-refractivity contribution in [2.45, 2.75) is 24.2 Å². The summed E-state index contributed by atoms with van der Waals surface area (Å²) in [5.41, 5.74) is 2.99. The summed E-state index contributed by atoms with van der Waals surface area (Å²) in [4.78, 5) is 37.3. The molecule has 0 atom stereocenters. The van der Waals surface area contributed by atoms with Gasteiger partial charge in [0.15, 0.2) is 0 Å². The molecule has 4 heterocycles. The number of terminal acetylenes is 1. The number of fused-ring (bicyclic) bond motifs is 2. The van der Waals surface area contributed by atoms with Crippen molar-refractivity contribution in [2.75, 3.05) is 43.1 Å². The fraction of sp³-hybridized carbons (Fsp3) is 0.333. The Morgan fingerprint density at radius 3 is 2.89 bits per heavy atom. The molecule has 2 aromatic heterocycles. The minimum Gasteiger partial charge on any atom is -0.481 e. The predicted octanol–water partition coefficient (Wildman–Crippen LogP) is 3.58. The van der Waals surface area contributed by atoms with E-state index < -0.39 is 5.41 Å². The summed E-state index contributed by atoms with van der Waals surface area (Å²) >= 11 is 1.57. The van der Waals surface area contributed by atoms with E-state index >= 15 is 0 Å². The van der Waals surface area contributed by atoms with Crippen LogP contribution in [0.15, 0.2) is 47.5 Å². The van der Waals surface area contributed by atoms with Gasteiger partial charge in [0.25, 0.3) is 0 Å². The van der Waals surface area contributed by atoms with Gasteiger partial charge in [-0.05, 0) is 49.1 Å². The van der Waals surface area contributed by atoms with E-state index in [2.05, 4.69) is 49.6 Å². The molecule has 2 aliphatic heterocycles. The maximum atomic E-state index is 13.4. The van der Waals surface area contributed by atoms with E-state index in [4.69, 9.17) is 11.2 Å². The van der Waals surface area contributed by atoms with Gasteiger partial charge in [0, 0.05) is 36.8 Å². The number of hydrogen-bond donors (Lipinski definition) is 2. The molecule has 0 bridgehead atoms. The van der Waals surface area contributed by atoms with Crippen molar-refractivity contribution in [3.05, 3.63) is 48.2 Å². The molecule has 5 rings (SSSR count). The SMILES string of the molecule is C#CC1(C(=O)Nc2ccnc3ccc(OC)nc23)CCN(CCc2ccc3c(c2)NC(=O)CS3)CC1. The van der Waals surface area contributed by atoms with E-state index in [-0.39, 0.29) is 11.8 Å². The molecule has 0 aliphatic carbocycles. The van der Waals surface area contributed by atoms with Crippen molar-refractivity contribution in [3.8, 4) is 18.2 Å². The second kappa shape index (κ2) is 10.2. The smallest absolute Gasteiger partial charge is 0.242 e. The lowest BCUT2D eigenvalue weighted by Crippen LogP contribution is -2.46. The number of piperidine rings is 1. The van der Waals surface area contributed by atoms with Crippen LogP contribution in [0.2, 0.25) is 0 Å². The van der Waals surface area contributed by atoms with Gasteiger partial charge in [-0.3, -0.25) is 14.6 Å². The highest BCUT2D eigenvalue weighted by Crippen LogP contribution is 2.34. The summed E-state index contributed by atoms with van der Waals surface area (Å²) in [6.45, 7) is 2.33. The number of carbonyl (C=O) groups excluding carboxylic acids is 2. The quantitative estimate of drug-likeness (QED) is 0.499. The lowest BCUT2D eigenvalue weighted by Gasteiger charge is -2.37. The Labute approximate surface area is 214 Å². The van der Waals surface area contributed by atoms with Crippen molar-refractivity contribution in [2.24, 2.45) is 5.41 Å². The number of ether oxygens (including phenoxy) is 1. The maximum absolute atomic E-state index is 13.4. The third-order valence-corrected chi connectivity index (χ3v) is 7.90. The van der Waals surface area contributed by atoms with Crippen LogP contribution >= 0.6 is 11.8 Å². The predicted molar refractivity (Wildman–Crippen MR) is 141 cm³/mol. The molecule has 184 valence electrons. The molecule has 36 heavy (non-hydrogen) atoms. The molecule has 1 aromatic carbocycles. The van der Waals surface area contributed by atoms with Gasteiger partial charge < -0.3 is 20.3 Å². The number of aromatic nitrogens is 2. The summed E-state index contributed by atoms with van der Waals surface area (Å²) in [7, 11) is 1.55. The number of likely N-dealkylation sites (tertiary alicyclic amines) is 1. The number of nitrogens with zero attached hydrogens (tertiary/aromatic N) is 3. The highest BCUT2D eigenvalue weighted by Gasteiger charge is 2.40. The summed E-state index contributed by atoms with van der Waals surface area (Å²) in [6, 6.07) is 11.5. The van der Waals surface area contributed by atoms with Crippen LogP contribution in [-0.4, -0.2) is 59.2 Å². The van der Waals surface area contributed by atoms with Gasteiger partial charge in [0.2, 0.25) is 17.7 Å². The number of rotatable bonds is 6. The fourth-order valence-corrected chi connectivity index (χ4v) is 5.42. The van der Waals surface area contributed by atoms with Gasteiger partial charge >= 0.3 is 0 Å². The molecule has 0 radical (unpaired) electrons. The van der Waals surface area contributed by atoms with Gasteiger partial charge in [0.05, 0.1) is 29.8 Å². The Balaban J connectivity index is 1.21. The van der Waals surface area contributed by atoms with E-state index in [0.29, 0.717) is 41.2 Å². The van der Waals surface area contributed by atoms with Crippen molar-refractivity contribution >= 4 is 46.0 Å². The zero-order valence-electron chi connectivity index (χ0n) is 20.0. The molecule has 2 N–H and O–H groups in total. The Morgan fingerprint density at radius 2 is 2.11 bits per heavy atom. The van der Waals surface area contributed by atoms with Crippen LogP contribution < -0.4 is 15.4 Å². The zero-order valence-corrected chi connectivity index (χ0v) is 20.9. The largest absolute Gasteiger partial charge is 0.481 e. The van der Waals surface area contributed by atoms with E-state index in [1.807, 2.05) is 6.07 Å². The van der Waals surface area contributed by atoms with Gasteiger partial charge in [0.1, 0.15) is 10.9 Å². The van der Waals surface area contributed by atoms with Crippen LogP contribution in [0.5, 0.6) is 5.88 Å². The molecule has 0 spiro atoms. The summed E-state index contributed by atoms with van der Waals surface area (Å²) < 4.78 is 5.23. The highest BCUT2D eigenvalue weighted by atomic mass is 32.2. The summed E-state index contributed by atoms with van der Waals surface area (Å²) in [5, 5.41) is 5.96. The number of benzene rings is 1. The van der Waals surface area contributed by atoms with Crippen LogP contribution in [0.3, 0.4) is 0 Å². The number of pyridine rings is 2. The average Bonchev–Trinajstić information content (AvgIpc) is 2.91. The average molecular weight is 502 g/mol. The van der Waals surface area contributed by atoms with Gasteiger partial charge in [-0.25, -0.2) is 4.98 Å². The van der Waals surface area contributed by atoms with Crippen LogP contribution in [-0.2, 0) is 16.0 Å². The normalized spacial score (nSPS) is 17.1. The topological polar surface area (TPSA) is 96.4 Å². The number of hydrogen-bond acceptors (Lipinski definition) is 7. The molecule has 1 saturated heterocycles. The lowest BCUT2D eigenvalue weighted by molar-refractivity contribution is -0.124. The van der Waals surface area contributed by atoms with Crippen molar-refractivity contribution in [3.63, 3.8) is 0 Å². The van der Waals surface area contributed by atoms with E-state index in [9.17, 15) is 9.59 Å². The van der Waals surface area contributed by atoms with Gasteiger partial charge in [-0.2, -0.15) is 0 Å². The maximum Gasteiger partial charge on any atom is 0.242 e. The second-order valence-electron chi connectivity index (χ2n) is 9.02. The minimum absolute atomic E-state index is 0.0410. The Kier molecular flexibility index (Phi) is 6.81. The Hall–Kier alpha value is -3.61. The van der Waals surface area contributed by atoms with E-state index in [1.165, 1.54) is 5.56 Å². The zero-order chi connectivity index (χ0) is 25.1. The monoisotopic (exact) mass is 501 g/mol. The highest BCUT2D eigenvalue weighted by molar-refractivity contribution is 8.00. The minimum atomic E-state index is -0.877. The summed E-state index contributed by atoms with van der Waals surface area (Å²) in [6.07, 6.45) is 9.58. The number of amides is 2. The first-order chi connectivity index (χ1) is 17.5. The number of nitrogens with one attached hydrogen (secondary N) is 2. The van der Waals surface area contributed by atoms with Gasteiger partial charge in [-0.15, -0.1) is 18.2 Å². The molecular weight excluding hydrogens is 474 g/mol. The summed E-state index contributed by atoms with van der Waals surface area (Å²) in [5.74, 6) is 3.56. The first-order valence-corrected chi connectivity index (χ1v) is 12.9. The lowest BCUT2D eigenvalue weighted by atomic mass is 9.78. The molecule has 0 saturated carbocycles. The van der Waals surface area contributed by atoms with Crippen LogP contribution in [0.4, 0.5) is 11.4 Å². The third kappa shape index (κ3) is 4.87. The Morgan fingerprint density at radius 1 is 1.28 bits per heavy atom. The van der Waals surface area contributed by atoms with Crippen LogP contribution in [0.25, 0.3) is 11.0 Å². The fourth-order valence-electron chi connectivity index (χ4n) is 4.63. The van der Waals surface area contributed by atoms with Crippen LogP contribution in [0, 0.1) is 17.8 Å². The van der Waals surface area contributed by atoms with Crippen LogP contribution in [0.1, 0.15) is 18.4 Å². The standard InChI is InChI=1S/C27H27N5O3S/c1-3-27(26(34)30-20-8-12-28-19-5-7-24(35-2)31-25(19)20)10-14-32(15-11-27)13-9-18-4-6-22-21(16-18)29-23(33)17-36-22/h1,4-8,12,16H,9-11,13-15,17H2,2H3,(H,29,33)(H,28,30,34). The Bertz CT molecular complexity index is 1360. The van der Waals surface area contributed by atoms with Crippen molar-refractivity contribution in [1.29, 1.82) is 0 Å². The molecule has 8 nitrogen and oxygen atoms in total. The first kappa shape index (κ1) is 24.1. The molecule has 2 amide bonds. The molecule has 3 aromatic rings. The molecule has 9 heteroatoms. The number of carbonyl (C=O) groups is 2. The molecule has 0 unspecified atom stereocenters. The molecule has 2 aliphatic rings. The number of anilines is 2. The molecule has 1 fully saturated rings. The first-order valence-electron chi connectivity index (χ1n) is 11.9. The van der Waals surface area contributed by atoms with E-state index in [1.54, 1.807) is 37.2 Å². The van der Waals surface area contributed by atoms with E-state index in [0.717, 1.165) is 36.6 Å². The van der Waals surface area contributed by atoms with Crippen molar-refractivity contribution in [1.82, 2.24) is 14.9 Å². The third-order valence-electron chi connectivity index (χ3n) is 6.83.